The van der Waals surface area contributed by atoms with Crippen molar-refractivity contribution in [2.75, 3.05) is 18.5 Å². The Morgan fingerprint density at radius 2 is 1.86 bits per heavy atom. The van der Waals surface area contributed by atoms with Crippen molar-refractivity contribution in [1.82, 2.24) is 4.98 Å². The van der Waals surface area contributed by atoms with E-state index in [0.717, 1.165) is 6.07 Å². The molecule has 1 atom stereocenters. The standard InChI is InChI=1S/C20H17F3N2O4/c21-20(22,23)15-6-3-5-13-17(8-9-24-18(13)15)25-16-7-2-1-4-14(16)19(28)29-11-12(27)10-26/h1-9,12,26-27H,10-11H2,(H,24,25)/t12-/m0/s1. The molecule has 3 N–H and O–H groups in total. The van der Waals surface area contributed by atoms with E-state index in [1.807, 2.05) is 0 Å². The van der Waals surface area contributed by atoms with Gasteiger partial charge in [-0.05, 0) is 24.3 Å². The number of fused-ring (bicyclic) bond motifs is 1. The minimum atomic E-state index is -4.56. The van der Waals surface area contributed by atoms with E-state index in [2.05, 4.69) is 10.3 Å². The number of nitrogens with one attached hydrogen (secondary N) is 1. The van der Waals surface area contributed by atoms with Gasteiger partial charge in [-0.1, -0.05) is 24.3 Å². The highest BCUT2D eigenvalue weighted by Crippen LogP contribution is 2.36. The van der Waals surface area contributed by atoms with Crippen LogP contribution in [0.15, 0.2) is 54.7 Å². The topological polar surface area (TPSA) is 91.7 Å². The summed E-state index contributed by atoms with van der Waals surface area (Å²) in [5.74, 6) is -0.755. The summed E-state index contributed by atoms with van der Waals surface area (Å²) < 4.78 is 44.8. The van der Waals surface area contributed by atoms with E-state index >= 15 is 0 Å². The van der Waals surface area contributed by atoms with Gasteiger partial charge >= 0.3 is 12.1 Å². The number of rotatable bonds is 6. The van der Waals surface area contributed by atoms with Crippen molar-refractivity contribution < 1.29 is 32.9 Å². The molecule has 29 heavy (non-hydrogen) atoms. The predicted molar refractivity (Wildman–Crippen MR) is 99.8 cm³/mol. The number of esters is 1. The number of alkyl halides is 3. The maximum absolute atomic E-state index is 13.3. The lowest BCUT2D eigenvalue weighted by molar-refractivity contribution is -0.136. The van der Waals surface area contributed by atoms with Crippen LogP contribution in [0.3, 0.4) is 0 Å². The fourth-order valence-electron chi connectivity index (χ4n) is 2.73. The number of anilines is 2. The minimum absolute atomic E-state index is 0.120. The van der Waals surface area contributed by atoms with Crippen molar-refractivity contribution in [2.45, 2.75) is 12.3 Å². The number of aromatic nitrogens is 1. The SMILES string of the molecule is O=C(OC[C@@H](O)CO)c1ccccc1Nc1ccnc2c(C(F)(F)F)cccc12. The molecule has 0 saturated carbocycles. The number of nitrogens with zero attached hydrogens (tertiary/aromatic N) is 1. The third kappa shape index (κ3) is 4.64. The molecule has 0 radical (unpaired) electrons. The molecule has 3 aromatic rings. The quantitative estimate of drug-likeness (QED) is 0.543. The Kier molecular flexibility index (Phi) is 6.00. The average molecular weight is 406 g/mol. The molecule has 1 aromatic heterocycles. The van der Waals surface area contributed by atoms with E-state index in [-0.39, 0.29) is 16.5 Å². The van der Waals surface area contributed by atoms with E-state index < -0.39 is 37.0 Å². The van der Waals surface area contributed by atoms with Crippen LogP contribution in [-0.2, 0) is 10.9 Å². The van der Waals surface area contributed by atoms with Crippen LogP contribution in [0.5, 0.6) is 0 Å². The summed E-state index contributed by atoms with van der Waals surface area (Å²) >= 11 is 0. The highest BCUT2D eigenvalue weighted by Gasteiger charge is 2.33. The van der Waals surface area contributed by atoms with Gasteiger partial charge in [0.05, 0.1) is 28.9 Å². The first-order chi connectivity index (χ1) is 13.8. The van der Waals surface area contributed by atoms with Gasteiger partial charge in [-0.3, -0.25) is 4.98 Å². The van der Waals surface area contributed by atoms with Gasteiger partial charge in [0, 0.05) is 17.3 Å². The third-order valence-electron chi connectivity index (χ3n) is 4.11. The largest absolute Gasteiger partial charge is 0.459 e. The van der Waals surface area contributed by atoms with Gasteiger partial charge < -0.3 is 20.3 Å². The number of halogens is 3. The van der Waals surface area contributed by atoms with Crippen molar-refractivity contribution in [3.8, 4) is 0 Å². The molecule has 1 heterocycles. The van der Waals surface area contributed by atoms with Crippen molar-refractivity contribution in [3.05, 3.63) is 65.9 Å². The number of aliphatic hydroxyl groups is 2. The summed E-state index contributed by atoms with van der Waals surface area (Å²) in [7, 11) is 0. The van der Waals surface area contributed by atoms with E-state index in [4.69, 9.17) is 9.84 Å². The lowest BCUT2D eigenvalue weighted by Gasteiger charge is -2.15. The van der Waals surface area contributed by atoms with Gasteiger partial charge in [0.1, 0.15) is 12.7 Å². The molecule has 0 aliphatic heterocycles. The Hall–Kier alpha value is -3.17. The van der Waals surface area contributed by atoms with Crippen LogP contribution >= 0.6 is 0 Å². The Morgan fingerprint density at radius 1 is 1.10 bits per heavy atom. The molecule has 0 unspecified atom stereocenters. The summed E-state index contributed by atoms with van der Waals surface area (Å²) in [4.78, 5) is 16.2. The predicted octanol–water partition coefficient (Wildman–Crippen LogP) is 3.51. The summed E-state index contributed by atoms with van der Waals surface area (Å²) in [6, 6.07) is 11.5. The number of para-hydroxylation sites is 2. The molecule has 0 bridgehead atoms. The summed E-state index contributed by atoms with van der Waals surface area (Å²) in [5.41, 5.74) is -0.312. The second-order valence-corrected chi connectivity index (χ2v) is 6.16. The van der Waals surface area contributed by atoms with Gasteiger partial charge in [-0.2, -0.15) is 13.2 Å². The van der Waals surface area contributed by atoms with Gasteiger partial charge in [0.2, 0.25) is 0 Å². The molecule has 0 aliphatic rings. The Balaban J connectivity index is 1.95. The molecule has 0 fully saturated rings. The van der Waals surface area contributed by atoms with Crippen LogP contribution in [0.25, 0.3) is 10.9 Å². The van der Waals surface area contributed by atoms with E-state index in [1.165, 1.54) is 30.5 Å². The maximum atomic E-state index is 13.3. The molecular weight excluding hydrogens is 389 g/mol. The van der Waals surface area contributed by atoms with Crippen LogP contribution in [0.2, 0.25) is 0 Å². The van der Waals surface area contributed by atoms with Crippen molar-refractivity contribution in [3.63, 3.8) is 0 Å². The highest BCUT2D eigenvalue weighted by atomic mass is 19.4. The van der Waals surface area contributed by atoms with Crippen molar-refractivity contribution in [1.29, 1.82) is 0 Å². The first kappa shape index (κ1) is 20.6. The van der Waals surface area contributed by atoms with E-state index in [1.54, 1.807) is 18.2 Å². The van der Waals surface area contributed by atoms with Gasteiger partial charge in [0.15, 0.2) is 0 Å². The van der Waals surface area contributed by atoms with Gasteiger partial charge in [-0.25, -0.2) is 4.79 Å². The molecule has 0 saturated heterocycles. The van der Waals surface area contributed by atoms with Gasteiger partial charge in [-0.15, -0.1) is 0 Å². The number of benzene rings is 2. The Morgan fingerprint density at radius 3 is 2.59 bits per heavy atom. The lowest BCUT2D eigenvalue weighted by Crippen LogP contribution is -2.22. The summed E-state index contributed by atoms with van der Waals surface area (Å²) in [6.45, 7) is -0.950. The van der Waals surface area contributed by atoms with Gasteiger partial charge in [0.25, 0.3) is 0 Å². The Bertz CT molecular complexity index is 1020. The molecule has 0 aliphatic carbocycles. The number of carbonyl (C=O) groups is 1. The molecular formula is C20H17F3N2O4. The lowest BCUT2D eigenvalue weighted by atomic mass is 10.1. The van der Waals surface area contributed by atoms with Crippen LogP contribution in [0.1, 0.15) is 15.9 Å². The minimum Gasteiger partial charge on any atom is -0.459 e. The third-order valence-corrected chi connectivity index (χ3v) is 4.11. The summed E-state index contributed by atoms with van der Waals surface area (Å²) in [5, 5.41) is 21.3. The molecule has 3 rings (SSSR count). The number of aliphatic hydroxyl groups excluding tert-OH is 2. The normalized spacial score (nSPS) is 12.6. The fraction of sp³-hybridized carbons (Fsp3) is 0.200. The smallest absolute Gasteiger partial charge is 0.418 e. The van der Waals surface area contributed by atoms with E-state index in [0.29, 0.717) is 11.4 Å². The first-order valence-electron chi connectivity index (χ1n) is 8.58. The van der Waals surface area contributed by atoms with E-state index in [9.17, 15) is 23.1 Å². The zero-order valence-electron chi connectivity index (χ0n) is 15.0. The van der Waals surface area contributed by atoms with Crippen LogP contribution in [0, 0.1) is 0 Å². The molecule has 0 spiro atoms. The number of ether oxygens (including phenoxy) is 1. The molecule has 2 aromatic carbocycles. The maximum Gasteiger partial charge on any atom is 0.418 e. The number of hydrogen-bond acceptors (Lipinski definition) is 6. The zero-order valence-corrected chi connectivity index (χ0v) is 15.0. The highest BCUT2D eigenvalue weighted by molar-refractivity contribution is 6.00. The summed E-state index contributed by atoms with van der Waals surface area (Å²) in [6.07, 6.45) is -4.51. The molecule has 152 valence electrons. The average Bonchev–Trinajstić information content (AvgIpc) is 2.71. The number of pyridine rings is 1. The molecule has 0 amide bonds. The number of carbonyl (C=O) groups excluding carboxylic acids is 1. The fourth-order valence-corrected chi connectivity index (χ4v) is 2.73. The molecule has 9 heteroatoms. The molecule has 6 nitrogen and oxygen atoms in total. The first-order valence-corrected chi connectivity index (χ1v) is 8.58. The van der Waals surface area contributed by atoms with Crippen LogP contribution in [-0.4, -0.2) is 40.5 Å². The van der Waals surface area contributed by atoms with Crippen molar-refractivity contribution >= 4 is 28.2 Å². The second kappa shape index (κ2) is 8.46. The zero-order chi connectivity index (χ0) is 21.0. The Labute approximate surface area is 163 Å². The van der Waals surface area contributed by atoms with Crippen LogP contribution in [0.4, 0.5) is 24.5 Å². The van der Waals surface area contributed by atoms with Crippen LogP contribution < -0.4 is 5.32 Å². The number of hydrogen-bond donors (Lipinski definition) is 3. The monoisotopic (exact) mass is 406 g/mol. The van der Waals surface area contributed by atoms with Crippen molar-refractivity contribution in [2.24, 2.45) is 0 Å². The second-order valence-electron chi connectivity index (χ2n) is 6.16.